The van der Waals surface area contributed by atoms with Gasteiger partial charge in [-0.2, -0.15) is 0 Å². The zero-order chi connectivity index (χ0) is 18.2. The number of benzene rings is 2. The molecule has 0 aromatic heterocycles. The highest BCUT2D eigenvalue weighted by atomic mass is 35.5. The topological polar surface area (TPSA) is 89.3 Å². The van der Waals surface area contributed by atoms with Gasteiger partial charge in [-0.25, -0.2) is 13.6 Å². The Kier molecular flexibility index (Phi) is 4.86. The molecule has 3 rings (SSSR count). The van der Waals surface area contributed by atoms with Gasteiger partial charge >= 0.3 is 0 Å². The van der Waals surface area contributed by atoms with E-state index in [2.05, 4.69) is 5.32 Å². The molecular weight excluding hydrogens is 360 g/mol. The van der Waals surface area contributed by atoms with E-state index in [0.29, 0.717) is 10.6 Å². The van der Waals surface area contributed by atoms with E-state index in [9.17, 15) is 13.2 Å². The van der Waals surface area contributed by atoms with Crippen LogP contribution in [0.1, 0.15) is 36.4 Å². The fourth-order valence-electron chi connectivity index (χ4n) is 2.96. The largest absolute Gasteiger partial charge is 0.349 e. The Hall–Kier alpha value is -1.89. The van der Waals surface area contributed by atoms with Gasteiger partial charge in [0.2, 0.25) is 15.9 Å². The SMILES string of the molecule is CC(NC(=O)C1CC1c1cccc(Cl)c1)c1cccc(S(N)(=O)=O)c1. The third-order valence-electron chi connectivity index (χ3n) is 4.45. The van der Waals surface area contributed by atoms with Gasteiger partial charge in [0.25, 0.3) is 0 Å². The molecule has 3 N–H and O–H groups in total. The number of halogens is 1. The molecule has 0 spiro atoms. The highest BCUT2D eigenvalue weighted by molar-refractivity contribution is 7.89. The summed E-state index contributed by atoms with van der Waals surface area (Å²) in [5.74, 6) is 0.0579. The predicted molar refractivity (Wildman–Crippen MR) is 96.7 cm³/mol. The minimum atomic E-state index is -3.77. The van der Waals surface area contributed by atoms with Crippen molar-refractivity contribution >= 4 is 27.5 Å². The van der Waals surface area contributed by atoms with Gasteiger partial charge in [-0.05, 0) is 54.7 Å². The number of nitrogens with one attached hydrogen (secondary N) is 1. The lowest BCUT2D eigenvalue weighted by atomic mass is 10.1. The molecule has 0 radical (unpaired) electrons. The smallest absolute Gasteiger partial charge is 0.238 e. The average Bonchev–Trinajstić information content (AvgIpc) is 3.35. The summed E-state index contributed by atoms with van der Waals surface area (Å²) in [7, 11) is -3.77. The third kappa shape index (κ3) is 4.21. The monoisotopic (exact) mass is 378 g/mol. The van der Waals surface area contributed by atoms with Gasteiger partial charge in [0, 0.05) is 10.9 Å². The Morgan fingerprint density at radius 2 is 1.96 bits per heavy atom. The fraction of sp³-hybridized carbons (Fsp3) is 0.278. The number of nitrogens with two attached hydrogens (primary N) is 1. The van der Waals surface area contributed by atoms with E-state index < -0.39 is 10.0 Å². The molecule has 2 aromatic rings. The zero-order valence-corrected chi connectivity index (χ0v) is 15.2. The fourth-order valence-corrected chi connectivity index (χ4v) is 3.72. The minimum Gasteiger partial charge on any atom is -0.349 e. The first-order valence-electron chi connectivity index (χ1n) is 7.94. The molecule has 3 unspecified atom stereocenters. The lowest BCUT2D eigenvalue weighted by molar-refractivity contribution is -0.123. The maximum Gasteiger partial charge on any atom is 0.238 e. The number of hydrogen-bond acceptors (Lipinski definition) is 3. The van der Waals surface area contributed by atoms with Gasteiger partial charge < -0.3 is 5.32 Å². The standard InChI is InChI=1S/C18H19ClN2O3S/c1-11(12-4-3-7-15(9-12)25(20,23)24)21-18(22)17-10-16(17)13-5-2-6-14(19)8-13/h2-9,11,16-17H,10H2,1H3,(H,21,22)(H2,20,23,24). The van der Waals surface area contributed by atoms with Gasteiger partial charge in [0.1, 0.15) is 0 Å². The first-order valence-corrected chi connectivity index (χ1v) is 9.87. The second-order valence-electron chi connectivity index (χ2n) is 6.35. The summed E-state index contributed by atoms with van der Waals surface area (Å²) >= 11 is 6.00. The highest BCUT2D eigenvalue weighted by Gasteiger charge is 2.44. The van der Waals surface area contributed by atoms with Crippen molar-refractivity contribution in [3.05, 3.63) is 64.7 Å². The average molecular weight is 379 g/mol. The van der Waals surface area contributed by atoms with Crippen LogP contribution < -0.4 is 10.5 Å². The number of amides is 1. The summed E-state index contributed by atoms with van der Waals surface area (Å²) in [4.78, 5) is 12.5. The molecule has 1 aliphatic rings. The van der Waals surface area contributed by atoms with Gasteiger partial charge in [-0.15, -0.1) is 0 Å². The quantitative estimate of drug-likeness (QED) is 0.838. The molecule has 0 heterocycles. The van der Waals surface area contributed by atoms with Crippen LogP contribution in [0, 0.1) is 5.92 Å². The molecule has 2 aromatic carbocycles. The number of carbonyl (C=O) groups excluding carboxylic acids is 1. The Bertz CT molecular complexity index is 914. The summed E-state index contributed by atoms with van der Waals surface area (Å²) < 4.78 is 22.9. The van der Waals surface area contributed by atoms with E-state index in [0.717, 1.165) is 12.0 Å². The van der Waals surface area contributed by atoms with E-state index in [1.54, 1.807) is 12.1 Å². The van der Waals surface area contributed by atoms with Crippen LogP contribution in [0.25, 0.3) is 0 Å². The lowest BCUT2D eigenvalue weighted by Crippen LogP contribution is -2.28. The molecule has 132 valence electrons. The molecule has 0 bridgehead atoms. The van der Waals surface area contributed by atoms with Crippen molar-refractivity contribution < 1.29 is 13.2 Å². The van der Waals surface area contributed by atoms with Crippen molar-refractivity contribution in [1.29, 1.82) is 0 Å². The molecule has 0 saturated heterocycles. The molecule has 1 fully saturated rings. The number of rotatable bonds is 5. The summed E-state index contributed by atoms with van der Waals surface area (Å²) in [5.41, 5.74) is 1.76. The van der Waals surface area contributed by atoms with Crippen molar-refractivity contribution in [1.82, 2.24) is 5.32 Å². The molecule has 1 aliphatic carbocycles. The van der Waals surface area contributed by atoms with Crippen LogP contribution in [0.15, 0.2) is 53.4 Å². The van der Waals surface area contributed by atoms with Gasteiger partial charge in [0.15, 0.2) is 0 Å². The van der Waals surface area contributed by atoms with Crippen LogP contribution in [0.5, 0.6) is 0 Å². The number of primary sulfonamides is 1. The molecule has 1 saturated carbocycles. The van der Waals surface area contributed by atoms with Crippen LogP contribution >= 0.6 is 11.6 Å². The predicted octanol–water partition coefficient (Wildman–Crippen LogP) is 2.97. The van der Waals surface area contributed by atoms with Crippen LogP contribution in [0.2, 0.25) is 5.02 Å². The van der Waals surface area contributed by atoms with Crippen LogP contribution in [-0.4, -0.2) is 14.3 Å². The molecule has 5 nitrogen and oxygen atoms in total. The van der Waals surface area contributed by atoms with Crippen molar-refractivity contribution in [2.45, 2.75) is 30.2 Å². The second kappa shape index (κ2) is 6.78. The Labute approximate surface area is 152 Å². The summed E-state index contributed by atoms with van der Waals surface area (Å²) in [6.07, 6.45) is 0.788. The molecule has 0 aliphatic heterocycles. The molecular formula is C18H19ClN2O3S. The highest BCUT2D eigenvalue weighted by Crippen LogP contribution is 2.48. The Morgan fingerprint density at radius 3 is 2.64 bits per heavy atom. The van der Waals surface area contributed by atoms with E-state index in [1.165, 1.54) is 12.1 Å². The molecule has 7 heteroatoms. The van der Waals surface area contributed by atoms with Crippen molar-refractivity contribution in [3.8, 4) is 0 Å². The first-order chi connectivity index (χ1) is 11.8. The molecule has 1 amide bonds. The normalized spacial score (nSPS) is 20.8. The first kappa shape index (κ1) is 17.9. The Morgan fingerprint density at radius 1 is 1.24 bits per heavy atom. The van der Waals surface area contributed by atoms with Gasteiger partial charge in [0.05, 0.1) is 10.9 Å². The van der Waals surface area contributed by atoms with E-state index in [1.807, 2.05) is 31.2 Å². The summed E-state index contributed by atoms with van der Waals surface area (Å²) in [5, 5.41) is 8.76. The zero-order valence-electron chi connectivity index (χ0n) is 13.6. The minimum absolute atomic E-state index is 0.0364. The number of carbonyl (C=O) groups is 1. The maximum atomic E-state index is 12.5. The third-order valence-corrected chi connectivity index (χ3v) is 5.60. The number of sulfonamides is 1. The van der Waals surface area contributed by atoms with Crippen molar-refractivity contribution in [2.75, 3.05) is 0 Å². The van der Waals surface area contributed by atoms with Crippen LogP contribution in [0.3, 0.4) is 0 Å². The second-order valence-corrected chi connectivity index (χ2v) is 8.35. The molecule has 3 atom stereocenters. The lowest BCUT2D eigenvalue weighted by Gasteiger charge is -2.15. The van der Waals surface area contributed by atoms with Gasteiger partial charge in [-0.3, -0.25) is 4.79 Å². The van der Waals surface area contributed by atoms with Crippen molar-refractivity contribution in [3.63, 3.8) is 0 Å². The molecule has 25 heavy (non-hydrogen) atoms. The summed E-state index contributed by atoms with van der Waals surface area (Å²) in [6.45, 7) is 1.82. The summed E-state index contributed by atoms with van der Waals surface area (Å²) in [6, 6.07) is 13.5. The van der Waals surface area contributed by atoms with E-state index in [-0.39, 0.29) is 28.7 Å². The van der Waals surface area contributed by atoms with Crippen LogP contribution in [0.4, 0.5) is 0 Å². The maximum absolute atomic E-state index is 12.5. The Balaban J connectivity index is 1.66. The van der Waals surface area contributed by atoms with E-state index >= 15 is 0 Å². The van der Waals surface area contributed by atoms with Crippen LogP contribution in [-0.2, 0) is 14.8 Å². The number of hydrogen-bond donors (Lipinski definition) is 2. The van der Waals surface area contributed by atoms with Crippen molar-refractivity contribution in [2.24, 2.45) is 11.1 Å². The van der Waals surface area contributed by atoms with Gasteiger partial charge in [-0.1, -0.05) is 35.9 Å². The van der Waals surface area contributed by atoms with E-state index in [4.69, 9.17) is 16.7 Å².